The normalized spacial score (nSPS) is 9.83. The van der Waals surface area contributed by atoms with Crippen LogP contribution in [0.5, 0.6) is 0 Å². The molecule has 0 saturated heterocycles. The van der Waals surface area contributed by atoms with Gasteiger partial charge in [-0.3, -0.25) is 4.79 Å². The van der Waals surface area contributed by atoms with Crippen molar-refractivity contribution in [2.75, 3.05) is 11.1 Å². The number of halogens is 2. The number of ketones is 1. The van der Waals surface area contributed by atoms with Crippen LogP contribution in [0.4, 0.5) is 5.69 Å². The molecule has 2 N–H and O–H groups in total. The Labute approximate surface area is 87.4 Å². The average molecular weight is 293 g/mol. The van der Waals surface area contributed by atoms with E-state index in [1.54, 1.807) is 18.2 Å². The molecule has 0 aromatic heterocycles. The van der Waals surface area contributed by atoms with Crippen molar-refractivity contribution < 1.29 is 4.79 Å². The molecule has 0 spiro atoms. The minimum Gasteiger partial charge on any atom is -0.398 e. The number of anilines is 1. The molecule has 0 bridgehead atoms. The predicted molar refractivity (Wildman–Crippen MR) is 56.7 cm³/mol. The largest absolute Gasteiger partial charge is 0.398 e. The lowest BCUT2D eigenvalue weighted by Gasteiger charge is -2.00. The molecular weight excluding hydrogens is 286 g/mol. The van der Waals surface area contributed by atoms with E-state index in [0.29, 0.717) is 16.6 Å². The van der Waals surface area contributed by atoms with E-state index in [-0.39, 0.29) is 5.78 Å². The lowest BCUT2D eigenvalue weighted by molar-refractivity contribution is 0.102. The van der Waals surface area contributed by atoms with Crippen LogP contribution in [0.1, 0.15) is 10.4 Å². The second-order valence-corrected chi connectivity index (χ2v) is 3.71. The molecule has 0 atom stereocenters. The molecule has 0 aliphatic carbocycles. The SMILES string of the molecule is Nc1ccc(C(=O)CBr)cc1Br. The van der Waals surface area contributed by atoms with Crippen LogP contribution >= 0.6 is 31.9 Å². The highest BCUT2D eigenvalue weighted by Gasteiger charge is 2.04. The molecule has 0 saturated carbocycles. The number of hydrogen-bond acceptors (Lipinski definition) is 2. The minimum absolute atomic E-state index is 0.0516. The Hall–Kier alpha value is -0.350. The highest BCUT2D eigenvalue weighted by molar-refractivity contribution is 9.10. The maximum atomic E-state index is 11.2. The zero-order valence-corrected chi connectivity index (χ0v) is 9.35. The Kier molecular flexibility index (Phi) is 3.29. The van der Waals surface area contributed by atoms with Crippen molar-refractivity contribution in [3.05, 3.63) is 28.2 Å². The van der Waals surface area contributed by atoms with E-state index in [1.807, 2.05) is 0 Å². The third-order valence-electron chi connectivity index (χ3n) is 1.44. The van der Waals surface area contributed by atoms with Crippen LogP contribution < -0.4 is 5.73 Å². The highest BCUT2D eigenvalue weighted by atomic mass is 79.9. The van der Waals surface area contributed by atoms with Crippen molar-refractivity contribution in [2.24, 2.45) is 0 Å². The molecule has 0 heterocycles. The predicted octanol–water partition coefficient (Wildman–Crippen LogP) is 2.61. The Morgan fingerprint density at radius 2 is 2.17 bits per heavy atom. The second-order valence-electron chi connectivity index (χ2n) is 2.29. The summed E-state index contributed by atoms with van der Waals surface area (Å²) < 4.78 is 0.759. The molecule has 12 heavy (non-hydrogen) atoms. The molecule has 0 aliphatic heterocycles. The van der Waals surface area contributed by atoms with Gasteiger partial charge in [-0.25, -0.2) is 0 Å². The average Bonchev–Trinajstić information content (AvgIpc) is 2.08. The van der Waals surface area contributed by atoms with Crippen molar-refractivity contribution in [1.29, 1.82) is 0 Å². The summed E-state index contributed by atoms with van der Waals surface area (Å²) in [5.41, 5.74) is 6.86. The molecule has 0 aliphatic rings. The Balaban J connectivity index is 3.05. The molecule has 0 unspecified atom stereocenters. The quantitative estimate of drug-likeness (QED) is 0.517. The van der Waals surface area contributed by atoms with Gasteiger partial charge < -0.3 is 5.73 Å². The van der Waals surface area contributed by atoms with Crippen molar-refractivity contribution in [1.82, 2.24) is 0 Å². The molecule has 1 aromatic carbocycles. The number of benzene rings is 1. The summed E-state index contributed by atoms with van der Waals surface area (Å²) in [5.74, 6) is 0.0516. The fourth-order valence-corrected chi connectivity index (χ4v) is 1.48. The second kappa shape index (κ2) is 4.05. The lowest BCUT2D eigenvalue weighted by atomic mass is 10.1. The van der Waals surface area contributed by atoms with Gasteiger partial charge in [0.25, 0.3) is 0 Å². The molecule has 0 radical (unpaired) electrons. The van der Waals surface area contributed by atoms with E-state index in [4.69, 9.17) is 5.73 Å². The van der Waals surface area contributed by atoms with Crippen molar-refractivity contribution in [2.45, 2.75) is 0 Å². The third kappa shape index (κ3) is 2.08. The molecule has 64 valence electrons. The summed E-state index contributed by atoms with van der Waals surface area (Å²) in [4.78, 5) is 11.2. The number of rotatable bonds is 2. The first kappa shape index (κ1) is 9.74. The van der Waals surface area contributed by atoms with Crippen LogP contribution in [0.15, 0.2) is 22.7 Å². The van der Waals surface area contributed by atoms with Gasteiger partial charge in [-0.2, -0.15) is 0 Å². The minimum atomic E-state index is 0.0516. The van der Waals surface area contributed by atoms with E-state index in [1.165, 1.54) is 0 Å². The lowest BCUT2D eigenvalue weighted by Crippen LogP contribution is -2.00. The van der Waals surface area contributed by atoms with Crippen LogP contribution in [-0.4, -0.2) is 11.1 Å². The topological polar surface area (TPSA) is 43.1 Å². The fraction of sp³-hybridized carbons (Fsp3) is 0.125. The van der Waals surface area contributed by atoms with Crippen molar-refractivity contribution >= 4 is 43.3 Å². The van der Waals surface area contributed by atoms with Crippen LogP contribution in [0.3, 0.4) is 0 Å². The maximum absolute atomic E-state index is 11.2. The smallest absolute Gasteiger partial charge is 0.173 e. The molecule has 0 amide bonds. The van der Waals surface area contributed by atoms with Gasteiger partial charge in [0.1, 0.15) is 0 Å². The van der Waals surface area contributed by atoms with Gasteiger partial charge in [0.2, 0.25) is 0 Å². The van der Waals surface area contributed by atoms with Crippen LogP contribution in [0.25, 0.3) is 0 Å². The van der Waals surface area contributed by atoms with Gasteiger partial charge in [-0.05, 0) is 34.1 Å². The van der Waals surface area contributed by atoms with Crippen LogP contribution in [0, 0.1) is 0 Å². The van der Waals surface area contributed by atoms with Crippen LogP contribution in [-0.2, 0) is 0 Å². The first-order valence-electron chi connectivity index (χ1n) is 3.29. The highest BCUT2D eigenvalue weighted by Crippen LogP contribution is 2.20. The van der Waals surface area contributed by atoms with E-state index < -0.39 is 0 Å². The van der Waals surface area contributed by atoms with E-state index >= 15 is 0 Å². The van der Waals surface area contributed by atoms with Gasteiger partial charge in [0.15, 0.2) is 5.78 Å². The summed E-state index contributed by atoms with van der Waals surface area (Å²) in [7, 11) is 0. The number of nitrogens with two attached hydrogens (primary N) is 1. The Bertz CT molecular complexity index is 312. The Morgan fingerprint density at radius 3 is 2.67 bits per heavy atom. The first-order chi connectivity index (χ1) is 5.65. The summed E-state index contributed by atoms with van der Waals surface area (Å²) in [6, 6.07) is 5.14. The van der Waals surface area contributed by atoms with E-state index in [9.17, 15) is 4.79 Å². The number of alkyl halides is 1. The zero-order valence-electron chi connectivity index (χ0n) is 6.18. The third-order valence-corrected chi connectivity index (χ3v) is 2.64. The molecular formula is C8H7Br2NO. The first-order valence-corrected chi connectivity index (χ1v) is 5.21. The summed E-state index contributed by atoms with van der Waals surface area (Å²) in [5, 5.41) is 0.337. The molecule has 4 heteroatoms. The number of Topliss-reactive ketones (excluding diaryl/α,β-unsaturated/α-hetero) is 1. The number of carbonyl (C=O) groups excluding carboxylic acids is 1. The van der Waals surface area contributed by atoms with E-state index in [0.717, 1.165) is 4.47 Å². The summed E-state index contributed by atoms with van der Waals surface area (Å²) >= 11 is 6.35. The van der Waals surface area contributed by atoms with Crippen LogP contribution in [0.2, 0.25) is 0 Å². The fourth-order valence-electron chi connectivity index (χ4n) is 0.778. The van der Waals surface area contributed by atoms with Gasteiger partial charge >= 0.3 is 0 Å². The summed E-state index contributed by atoms with van der Waals surface area (Å²) in [6.07, 6.45) is 0. The standard InChI is InChI=1S/C8H7Br2NO/c9-4-8(12)5-1-2-7(11)6(10)3-5/h1-3H,4,11H2. The van der Waals surface area contributed by atoms with E-state index in [2.05, 4.69) is 31.9 Å². The maximum Gasteiger partial charge on any atom is 0.173 e. The van der Waals surface area contributed by atoms with Crippen molar-refractivity contribution in [3.8, 4) is 0 Å². The number of carbonyl (C=O) groups is 1. The molecule has 0 fully saturated rings. The molecule has 1 rings (SSSR count). The van der Waals surface area contributed by atoms with Gasteiger partial charge in [0, 0.05) is 15.7 Å². The number of hydrogen-bond donors (Lipinski definition) is 1. The van der Waals surface area contributed by atoms with Crippen molar-refractivity contribution in [3.63, 3.8) is 0 Å². The Morgan fingerprint density at radius 1 is 1.50 bits per heavy atom. The molecule has 2 nitrogen and oxygen atoms in total. The number of nitrogen functional groups attached to an aromatic ring is 1. The van der Waals surface area contributed by atoms with Gasteiger partial charge in [-0.15, -0.1) is 0 Å². The summed E-state index contributed by atoms with van der Waals surface area (Å²) in [6.45, 7) is 0. The molecule has 1 aromatic rings. The van der Waals surface area contributed by atoms with Gasteiger partial charge in [0.05, 0.1) is 5.33 Å². The zero-order chi connectivity index (χ0) is 9.14. The van der Waals surface area contributed by atoms with Gasteiger partial charge in [-0.1, -0.05) is 15.9 Å². The monoisotopic (exact) mass is 291 g/mol.